The first-order chi connectivity index (χ1) is 12.1. The number of carbonyl (C=O) groups is 1. The van der Waals surface area contributed by atoms with Crippen molar-refractivity contribution in [3.8, 4) is 0 Å². The first kappa shape index (κ1) is 23.4. The first-order valence-corrected chi connectivity index (χ1v) is 8.97. The maximum atomic E-state index is 12.5. The quantitative estimate of drug-likeness (QED) is 0.796. The lowest BCUT2D eigenvalue weighted by Gasteiger charge is -2.34. The van der Waals surface area contributed by atoms with Crippen molar-refractivity contribution >= 4 is 30.7 Å². The van der Waals surface area contributed by atoms with Crippen molar-refractivity contribution in [1.82, 2.24) is 9.80 Å². The highest BCUT2D eigenvalue weighted by molar-refractivity contribution is 5.85. The van der Waals surface area contributed by atoms with Crippen LogP contribution in [0.25, 0.3) is 0 Å². The van der Waals surface area contributed by atoms with E-state index in [1.165, 1.54) is 22.3 Å². The standard InChI is InChI=1S/C21H27N3O.2ClH/c1-17-5-7-19(8-6-17)15-24-12-11-23(16-21(24)25)14-20-4-2-3-18(13-20)9-10-22;;/h2-8,13H,9-12,14-16,22H2,1H3;2*1H. The van der Waals surface area contributed by atoms with Gasteiger partial charge in [0, 0.05) is 26.2 Å². The largest absolute Gasteiger partial charge is 0.336 e. The summed E-state index contributed by atoms with van der Waals surface area (Å²) in [7, 11) is 0. The molecule has 2 aromatic carbocycles. The molecule has 0 spiro atoms. The second kappa shape index (κ2) is 11.3. The van der Waals surface area contributed by atoms with Crippen molar-refractivity contribution in [2.24, 2.45) is 5.73 Å². The molecule has 0 aliphatic carbocycles. The fourth-order valence-electron chi connectivity index (χ4n) is 3.28. The molecule has 0 atom stereocenters. The van der Waals surface area contributed by atoms with Crippen molar-refractivity contribution in [3.05, 3.63) is 70.8 Å². The van der Waals surface area contributed by atoms with Crippen LogP contribution in [0, 0.1) is 6.92 Å². The monoisotopic (exact) mass is 409 g/mol. The molecule has 0 bridgehead atoms. The third-order valence-electron chi connectivity index (χ3n) is 4.72. The third-order valence-corrected chi connectivity index (χ3v) is 4.72. The van der Waals surface area contributed by atoms with Gasteiger partial charge in [-0.15, -0.1) is 24.8 Å². The molecular formula is C21H29Cl2N3O. The smallest absolute Gasteiger partial charge is 0.237 e. The predicted octanol–water partition coefficient (Wildman–Crippen LogP) is 3.18. The zero-order chi connectivity index (χ0) is 17.6. The maximum absolute atomic E-state index is 12.5. The van der Waals surface area contributed by atoms with E-state index < -0.39 is 0 Å². The number of amides is 1. The van der Waals surface area contributed by atoms with Crippen molar-refractivity contribution < 1.29 is 4.79 Å². The fourth-order valence-corrected chi connectivity index (χ4v) is 3.28. The van der Waals surface area contributed by atoms with Crippen LogP contribution < -0.4 is 5.73 Å². The van der Waals surface area contributed by atoms with Gasteiger partial charge in [-0.05, 0) is 36.6 Å². The first-order valence-electron chi connectivity index (χ1n) is 8.97. The molecule has 6 heteroatoms. The Balaban J connectivity index is 0.00000182. The number of halogens is 2. The highest BCUT2D eigenvalue weighted by Gasteiger charge is 2.23. The van der Waals surface area contributed by atoms with Gasteiger partial charge >= 0.3 is 0 Å². The van der Waals surface area contributed by atoms with Crippen LogP contribution in [0.5, 0.6) is 0 Å². The Morgan fingerprint density at radius 3 is 2.30 bits per heavy atom. The maximum Gasteiger partial charge on any atom is 0.237 e. The van der Waals surface area contributed by atoms with Gasteiger partial charge in [0.15, 0.2) is 0 Å². The van der Waals surface area contributed by atoms with Gasteiger partial charge in [-0.1, -0.05) is 54.1 Å². The van der Waals surface area contributed by atoms with E-state index in [-0.39, 0.29) is 30.7 Å². The summed E-state index contributed by atoms with van der Waals surface area (Å²) in [4.78, 5) is 16.7. The fraction of sp³-hybridized carbons (Fsp3) is 0.381. The van der Waals surface area contributed by atoms with E-state index in [9.17, 15) is 4.79 Å². The summed E-state index contributed by atoms with van der Waals surface area (Å²) in [5.41, 5.74) is 10.6. The minimum Gasteiger partial charge on any atom is -0.336 e. The Morgan fingerprint density at radius 1 is 0.926 bits per heavy atom. The van der Waals surface area contributed by atoms with Crippen LogP contribution in [-0.4, -0.2) is 41.9 Å². The molecule has 3 rings (SSSR count). The van der Waals surface area contributed by atoms with Crippen LogP contribution in [0.2, 0.25) is 0 Å². The van der Waals surface area contributed by atoms with Crippen molar-refractivity contribution in [3.63, 3.8) is 0 Å². The number of benzene rings is 2. The molecule has 1 aliphatic rings. The van der Waals surface area contributed by atoms with Crippen molar-refractivity contribution in [2.45, 2.75) is 26.4 Å². The summed E-state index contributed by atoms with van der Waals surface area (Å²) >= 11 is 0. The van der Waals surface area contributed by atoms with Gasteiger partial charge in [-0.3, -0.25) is 9.69 Å². The summed E-state index contributed by atoms with van der Waals surface area (Å²) < 4.78 is 0. The second-order valence-electron chi connectivity index (χ2n) is 6.87. The van der Waals surface area contributed by atoms with Gasteiger partial charge in [0.25, 0.3) is 0 Å². The van der Waals surface area contributed by atoms with E-state index in [2.05, 4.69) is 60.4 Å². The van der Waals surface area contributed by atoms with Gasteiger partial charge in [-0.2, -0.15) is 0 Å². The minimum absolute atomic E-state index is 0. The van der Waals surface area contributed by atoms with Crippen LogP contribution in [0.15, 0.2) is 48.5 Å². The van der Waals surface area contributed by atoms with E-state index in [1.54, 1.807) is 0 Å². The number of nitrogens with zero attached hydrogens (tertiary/aromatic N) is 2. The van der Waals surface area contributed by atoms with Crippen LogP contribution in [-0.2, 0) is 24.3 Å². The Hall–Kier alpha value is -1.59. The van der Waals surface area contributed by atoms with Crippen molar-refractivity contribution in [1.29, 1.82) is 0 Å². The molecular weight excluding hydrogens is 381 g/mol. The SMILES string of the molecule is Cc1ccc(CN2CCN(Cc3cccc(CCN)c3)CC2=O)cc1.Cl.Cl. The number of hydrogen-bond donors (Lipinski definition) is 1. The summed E-state index contributed by atoms with van der Waals surface area (Å²) in [6.07, 6.45) is 0.900. The Bertz CT molecular complexity index is 722. The van der Waals surface area contributed by atoms with Crippen LogP contribution in [0.1, 0.15) is 22.3 Å². The van der Waals surface area contributed by atoms with E-state index in [1.807, 2.05) is 4.90 Å². The lowest BCUT2D eigenvalue weighted by atomic mass is 10.1. The number of piperazine rings is 1. The van der Waals surface area contributed by atoms with E-state index >= 15 is 0 Å². The van der Waals surface area contributed by atoms with Gasteiger partial charge < -0.3 is 10.6 Å². The van der Waals surface area contributed by atoms with E-state index in [0.29, 0.717) is 19.6 Å². The van der Waals surface area contributed by atoms with E-state index in [4.69, 9.17) is 5.73 Å². The number of nitrogens with two attached hydrogens (primary N) is 1. The highest BCUT2D eigenvalue weighted by atomic mass is 35.5. The number of rotatable bonds is 6. The molecule has 4 nitrogen and oxygen atoms in total. The third kappa shape index (κ3) is 6.82. The molecule has 1 heterocycles. The number of aryl methyl sites for hydroxylation is 1. The summed E-state index contributed by atoms with van der Waals surface area (Å²) in [6, 6.07) is 16.9. The Morgan fingerprint density at radius 2 is 1.63 bits per heavy atom. The van der Waals surface area contributed by atoms with Crippen LogP contribution in [0.3, 0.4) is 0 Å². The lowest BCUT2D eigenvalue weighted by molar-refractivity contribution is -0.136. The molecule has 148 valence electrons. The molecule has 1 fully saturated rings. The van der Waals surface area contributed by atoms with Gasteiger partial charge in [0.05, 0.1) is 6.54 Å². The molecule has 27 heavy (non-hydrogen) atoms. The van der Waals surface area contributed by atoms with Gasteiger partial charge in [0.1, 0.15) is 0 Å². The van der Waals surface area contributed by atoms with Gasteiger partial charge in [0.2, 0.25) is 5.91 Å². The second-order valence-corrected chi connectivity index (χ2v) is 6.87. The van der Waals surface area contributed by atoms with Gasteiger partial charge in [-0.25, -0.2) is 0 Å². The molecule has 0 radical (unpaired) electrons. The summed E-state index contributed by atoms with van der Waals surface area (Å²) in [5.74, 6) is 0.213. The highest BCUT2D eigenvalue weighted by Crippen LogP contribution is 2.14. The average molecular weight is 410 g/mol. The van der Waals surface area contributed by atoms with Crippen molar-refractivity contribution in [2.75, 3.05) is 26.2 Å². The van der Waals surface area contributed by atoms with Crippen LogP contribution >= 0.6 is 24.8 Å². The van der Waals surface area contributed by atoms with E-state index in [0.717, 1.165) is 26.1 Å². The average Bonchev–Trinajstić information content (AvgIpc) is 2.60. The lowest BCUT2D eigenvalue weighted by Crippen LogP contribution is -2.49. The molecule has 0 unspecified atom stereocenters. The predicted molar refractivity (Wildman–Crippen MR) is 116 cm³/mol. The number of hydrogen-bond acceptors (Lipinski definition) is 3. The summed E-state index contributed by atoms with van der Waals surface area (Å²) in [6.45, 7) is 6.47. The topological polar surface area (TPSA) is 49.6 Å². The minimum atomic E-state index is 0. The molecule has 0 saturated carbocycles. The molecule has 1 aliphatic heterocycles. The number of carbonyl (C=O) groups excluding carboxylic acids is 1. The normalized spacial score (nSPS) is 14.4. The van der Waals surface area contributed by atoms with Crippen LogP contribution in [0.4, 0.5) is 0 Å². The summed E-state index contributed by atoms with van der Waals surface area (Å²) in [5, 5.41) is 0. The molecule has 2 aromatic rings. The molecule has 2 N–H and O–H groups in total. The molecule has 1 saturated heterocycles. The molecule has 0 aromatic heterocycles. The molecule has 1 amide bonds. The Labute approximate surface area is 174 Å². The Kier molecular flexibility index (Phi) is 9.81. The zero-order valence-electron chi connectivity index (χ0n) is 15.8. The zero-order valence-corrected chi connectivity index (χ0v) is 17.4.